The zero-order valence-electron chi connectivity index (χ0n) is 9.20. The van der Waals surface area contributed by atoms with E-state index < -0.39 is 0 Å². The number of H-pyrrole nitrogens is 1. The average Bonchev–Trinajstić information content (AvgIpc) is 2.60. The third-order valence-corrected chi connectivity index (χ3v) is 2.96. The van der Waals surface area contributed by atoms with Crippen LogP contribution in [0.4, 0.5) is 0 Å². The van der Waals surface area contributed by atoms with Crippen LogP contribution in [0.1, 0.15) is 25.5 Å². The van der Waals surface area contributed by atoms with Gasteiger partial charge >= 0.3 is 0 Å². The minimum atomic E-state index is 0.433. The molecule has 2 rings (SSSR count). The molecule has 1 heterocycles. The molecule has 0 saturated carbocycles. The summed E-state index contributed by atoms with van der Waals surface area (Å²) >= 11 is 11.3. The second-order valence-electron chi connectivity index (χ2n) is 4.02. The summed E-state index contributed by atoms with van der Waals surface area (Å²) in [5.41, 5.74) is 2.09. The molecule has 2 nitrogen and oxygen atoms in total. The third kappa shape index (κ3) is 2.20. The van der Waals surface area contributed by atoms with Gasteiger partial charge in [-0.15, -0.1) is 0 Å². The molecule has 84 valence electrons. The van der Waals surface area contributed by atoms with Crippen LogP contribution in [0.15, 0.2) is 30.3 Å². The Labute approximate surface area is 105 Å². The average molecular weight is 253 g/mol. The Morgan fingerprint density at radius 2 is 2.06 bits per heavy atom. The number of nitrogens with one attached hydrogen (secondary N) is 1. The molecule has 0 atom stereocenters. The monoisotopic (exact) mass is 252 g/mol. The van der Waals surface area contributed by atoms with Crippen molar-refractivity contribution in [2.75, 3.05) is 0 Å². The van der Waals surface area contributed by atoms with Crippen LogP contribution in [0.5, 0.6) is 0 Å². The Morgan fingerprint density at radius 3 is 2.62 bits per heavy atom. The SMILES string of the molecule is CC(C)c1cc(=S)n(-c2cccc(Cl)c2)[nH]1. The number of rotatable bonds is 2. The van der Waals surface area contributed by atoms with Crippen molar-refractivity contribution in [3.05, 3.63) is 45.7 Å². The first-order valence-corrected chi connectivity index (χ1v) is 5.94. The van der Waals surface area contributed by atoms with E-state index in [1.807, 2.05) is 35.0 Å². The Bertz CT molecular complexity index is 554. The fraction of sp³-hybridized carbons (Fsp3) is 0.250. The molecule has 4 heteroatoms. The standard InChI is InChI=1S/C12H13ClN2S/c1-8(2)11-7-12(16)15(14-11)10-5-3-4-9(13)6-10/h3-8,14H,1-2H3. The number of aromatic amines is 1. The van der Waals surface area contributed by atoms with E-state index in [2.05, 4.69) is 18.9 Å². The topological polar surface area (TPSA) is 20.7 Å². The van der Waals surface area contributed by atoms with Gasteiger partial charge < -0.3 is 0 Å². The van der Waals surface area contributed by atoms with Gasteiger partial charge in [0.2, 0.25) is 0 Å². The van der Waals surface area contributed by atoms with Gasteiger partial charge in [-0.3, -0.25) is 5.10 Å². The summed E-state index contributed by atoms with van der Waals surface area (Å²) in [6.07, 6.45) is 0. The van der Waals surface area contributed by atoms with Crippen molar-refractivity contribution in [1.82, 2.24) is 9.78 Å². The van der Waals surface area contributed by atoms with Crippen molar-refractivity contribution < 1.29 is 0 Å². The summed E-state index contributed by atoms with van der Waals surface area (Å²) in [5, 5.41) is 3.99. The first-order chi connectivity index (χ1) is 7.58. The maximum absolute atomic E-state index is 5.96. The summed E-state index contributed by atoms with van der Waals surface area (Å²) in [7, 11) is 0. The molecule has 0 spiro atoms. The van der Waals surface area contributed by atoms with Crippen molar-refractivity contribution >= 4 is 23.8 Å². The molecular formula is C12H13ClN2S. The minimum Gasteiger partial charge on any atom is -0.297 e. The van der Waals surface area contributed by atoms with Gasteiger partial charge in [-0.1, -0.05) is 43.7 Å². The van der Waals surface area contributed by atoms with Gasteiger partial charge in [0.25, 0.3) is 0 Å². The summed E-state index contributed by atoms with van der Waals surface area (Å²) in [6, 6.07) is 9.61. The van der Waals surface area contributed by atoms with Crippen LogP contribution in [-0.2, 0) is 0 Å². The lowest BCUT2D eigenvalue weighted by molar-refractivity contribution is 0.765. The first kappa shape index (κ1) is 11.4. The molecule has 1 aromatic heterocycles. The smallest absolute Gasteiger partial charge is 0.127 e. The lowest BCUT2D eigenvalue weighted by Gasteiger charge is -2.04. The van der Waals surface area contributed by atoms with Crippen LogP contribution < -0.4 is 0 Å². The lowest BCUT2D eigenvalue weighted by Crippen LogP contribution is -1.97. The molecule has 16 heavy (non-hydrogen) atoms. The van der Waals surface area contributed by atoms with Gasteiger partial charge in [-0.2, -0.15) is 0 Å². The second-order valence-corrected chi connectivity index (χ2v) is 4.87. The number of nitrogens with zero attached hydrogens (tertiary/aromatic N) is 1. The molecule has 0 aliphatic rings. The molecule has 0 bridgehead atoms. The second kappa shape index (κ2) is 4.44. The van der Waals surface area contributed by atoms with E-state index in [1.165, 1.54) is 0 Å². The highest BCUT2D eigenvalue weighted by Gasteiger charge is 2.05. The predicted molar refractivity (Wildman–Crippen MR) is 70.1 cm³/mol. The zero-order valence-corrected chi connectivity index (χ0v) is 10.8. The van der Waals surface area contributed by atoms with Crippen molar-refractivity contribution in [1.29, 1.82) is 0 Å². The quantitative estimate of drug-likeness (QED) is 0.790. The Balaban J connectivity index is 2.52. The van der Waals surface area contributed by atoms with Crippen molar-refractivity contribution in [2.24, 2.45) is 0 Å². The van der Waals surface area contributed by atoms with Gasteiger partial charge in [0, 0.05) is 10.7 Å². The third-order valence-electron chi connectivity index (χ3n) is 2.43. The van der Waals surface area contributed by atoms with Crippen LogP contribution >= 0.6 is 23.8 Å². The summed E-state index contributed by atoms with van der Waals surface area (Å²) < 4.78 is 2.64. The molecule has 0 unspecified atom stereocenters. The molecule has 1 aromatic carbocycles. The minimum absolute atomic E-state index is 0.433. The van der Waals surface area contributed by atoms with Crippen LogP contribution in [0, 0.1) is 4.64 Å². The Morgan fingerprint density at radius 1 is 1.31 bits per heavy atom. The summed E-state index contributed by atoms with van der Waals surface area (Å²) in [6.45, 7) is 4.26. The number of hydrogen-bond donors (Lipinski definition) is 1. The van der Waals surface area contributed by atoms with Crippen LogP contribution in [0.3, 0.4) is 0 Å². The molecule has 0 radical (unpaired) electrons. The first-order valence-electron chi connectivity index (χ1n) is 5.16. The maximum Gasteiger partial charge on any atom is 0.127 e. The van der Waals surface area contributed by atoms with E-state index in [1.54, 1.807) is 0 Å². The highest BCUT2D eigenvalue weighted by atomic mass is 35.5. The molecule has 0 amide bonds. The van der Waals surface area contributed by atoms with Gasteiger partial charge in [0.05, 0.1) is 5.69 Å². The maximum atomic E-state index is 5.96. The molecular weight excluding hydrogens is 240 g/mol. The highest BCUT2D eigenvalue weighted by Crippen LogP contribution is 2.18. The van der Waals surface area contributed by atoms with Crippen LogP contribution in [0.2, 0.25) is 5.02 Å². The normalized spacial score (nSPS) is 11.0. The van der Waals surface area contributed by atoms with E-state index in [4.69, 9.17) is 23.8 Å². The van der Waals surface area contributed by atoms with Gasteiger partial charge in [-0.05, 0) is 30.2 Å². The number of hydrogen-bond acceptors (Lipinski definition) is 1. The molecule has 0 fully saturated rings. The largest absolute Gasteiger partial charge is 0.297 e. The van der Waals surface area contributed by atoms with E-state index in [9.17, 15) is 0 Å². The molecule has 0 aliphatic heterocycles. The number of aromatic nitrogens is 2. The molecule has 2 aromatic rings. The highest BCUT2D eigenvalue weighted by molar-refractivity contribution is 7.71. The number of halogens is 1. The van der Waals surface area contributed by atoms with Crippen LogP contribution in [-0.4, -0.2) is 9.78 Å². The van der Waals surface area contributed by atoms with Crippen molar-refractivity contribution in [3.63, 3.8) is 0 Å². The summed E-state index contributed by atoms with van der Waals surface area (Å²) in [5.74, 6) is 0.433. The predicted octanol–water partition coefficient (Wildman–Crippen LogP) is 4.31. The zero-order chi connectivity index (χ0) is 11.7. The van der Waals surface area contributed by atoms with Crippen LogP contribution in [0.25, 0.3) is 5.69 Å². The Kier molecular flexibility index (Phi) is 3.17. The Hall–Kier alpha value is -1.06. The van der Waals surface area contributed by atoms with E-state index in [0.29, 0.717) is 10.9 Å². The van der Waals surface area contributed by atoms with E-state index >= 15 is 0 Å². The van der Waals surface area contributed by atoms with Gasteiger partial charge in [0.1, 0.15) is 4.64 Å². The van der Waals surface area contributed by atoms with E-state index in [-0.39, 0.29) is 0 Å². The fourth-order valence-electron chi connectivity index (χ4n) is 1.52. The van der Waals surface area contributed by atoms with E-state index in [0.717, 1.165) is 16.0 Å². The van der Waals surface area contributed by atoms with Crippen molar-refractivity contribution in [3.8, 4) is 5.69 Å². The van der Waals surface area contributed by atoms with Crippen molar-refractivity contribution in [2.45, 2.75) is 19.8 Å². The van der Waals surface area contributed by atoms with Gasteiger partial charge in [-0.25, -0.2) is 4.68 Å². The molecule has 0 aliphatic carbocycles. The molecule has 0 saturated heterocycles. The molecule has 1 N–H and O–H groups in total. The summed E-state index contributed by atoms with van der Waals surface area (Å²) in [4.78, 5) is 0. The number of benzene rings is 1. The lowest BCUT2D eigenvalue weighted by atomic mass is 10.1. The fourth-order valence-corrected chi connectivity index (χ4v) is 1.98. The van der Waals surface area contributed by atoms with Gasteiger partial charge in [0.15, 0.2) is 0 Å².